The highest BCUT2D eigenvalue weighted by atomic mass is 19.1. The highest BCUT2D eigenvalue weighted by molar-refractivity contribution is 5.66. The van der Waals surface area contributed by atoms with Gasteiger partial charge in [0.1, 0.15) is 31.6 Å². The second kappa shape index (κ2) is 8.26. The summed E-state index contributed by atoms with van der Waals surface area (Å²) < 4.78 is 32.9. The fourth-order valence-electron chi connectivity index (χ4n) is 2.17. The Kier molecular flexibility index (Phi) is 7.00. The van der Waals surface area contributed by atoms with Crippen molar-refractivity contribution in [3.8, 4) is 0 Å². The number of aliphatic hydroxyl groups is 1. The van der Waals surface area contributed by atoms with Crippen molar-refractivity contribution in [1.82, 2.24) is 0 Å². The van der Waals surface area contributed by atoms with Crippen LogP contribution in [-0.4, -0.2) is 67.5 Å². The molecule has 0 spiro atoms. The van der Waals surface area contributed by atoms with Gasteiger partial charge in [-0.1, -0.05) is 0 Å². The fourth-order valence-corrected chi connectivity index (χ4v) is 2.17. The molecule has 1 saturated heterocycles. The Morgan fingerprint density at radius 2 is 1.90 bits per heavy atom. The van der Waals surface area contributed by atoms with Crippen molar-refractivity contribution in [3.63, 3.8) is 0 Å². The number of ether oxygens (including phenoxy) is 4. The highest BCUT2D eigenvalue weighted by Crippen LogP contribution is 2.26. The molecule has 5 atom stereocenters. The third-order valence-electron chi connectivity index (χ3n) is 3.03. The minimum atomic E-state index is -1.21. The van der Waals surface area contributed by atoms with Crippen LogP contribution in [0.4, 0.5) is 4.39 Å². The normalized spacial score (nSPS) is 32.5. The minimum Gasteiger partial charge on any atom is -0.463 e. The zero-order valence-corrected chi connectivity index (χ0v) is 12.3. The minimum absolute atomic E-state index is 0.164. The van der Waals surface area contributed by atoms with Crippen LogP contribution >= 0.6 is 0 Å². The molecular weight excluding hydrogens is 287 g/mol. The van der Waals surface area contributed by atoms with E-state index in [2.05, 4.69) is 0 Å². The van der Waals surface area contributed by atoms with Crippen molar-refractivity contribution in [3.05, 3.63) is 0 Å². The van der Waals surface area contributed by atoms with Gasteiger partial charge in [0.15, 0.2) is 6.10 Å². The lowest BCUT2D eigenvalue weighted by Crippen LogP contribution is -2.60. The van der Waals surface area contributed by atoms with E-state index in [1.165, 1.54) is 13.8 Å². The molecule has 1 unspecified atom stereocenters. The monoisotopic (exact) mass is 308 g/mol. The maximum atomic E-state index is 12.3. The Labute approximate surface area is 122 Å². The van der Waals surface area contributed by atoms with E-state index >= 15 is 0 Å². The second-order valence-corrected chi connectivity index (χ2v) is 4.77. The molecule has 7 nitrogen and oxygen atoms in total. The summed E-state index contributed by atoms with van der Waals surface area (Å²) in [4.78, 5) is 22.0. The summed E-state index contributed by atoms with van der Waals surface area (Å²) in [7, 11) is 0. The smallest absolute Gasteiger partial charge is 0.303 e. The van der Waals surface area contributed by atoms with E-state index in [1.807, 2.05) is 0 Å². The van der Waals surface area contributed by atoms with Gasteiger partial charge in [0.05, 0.1) is 12.7 Å². The molecule has 0 aromatic carbocycles. The van der Waals surface area contributed by atoms with Crippen LogP contribution in [0.1, 0.15) is 20.8 Å². The third-order valence-corrected chi connectivity index (χ3v) is 3.03. The van der Waals surface area contributed by atoms with E-state index in [9.17, 15) is 19.1 Å². The average Bonchev–Trinajstić information content (AvgIpc) is 2.40. The molecule has 1 rings (SSSR count). The van der Waals surface area contributed by atoms with Gasteiger partial charge < -0.3 is 24.1 Å². The van der Waals surface area contributed by atoms with Gasteiger partial charge in [-0.3, -0.25) is 9.59 Å². The summed E-state index contributed by atoms with van der Waals surface area (Å²) in [6.45, 7) is 2.94. The standard InChI is InChI=1S/C13H21FO7/c1-7-12(21-9(3)16)13(18-5-4-14)11(17)10(20-7)6-19-8(2)15/h7,10-13,17H,4-6H2,1-3H3/t7?,10-,11-,12+,13-/m1/s1. The molecule has 1 heterocycles. The van der Waals surface area contributed by atoms with Gasteiger partial charge >= 0.3 is 11.9 Å². The first-order valence-corrected chi connectivity index (χ1v) is 6.68. The van der Waals surface area contributed by atoms with E-state index in [-0.39, 0.29) is 13.2 Å². The molecule has 1 aliphatic rings. The number of esters is 2. The van der Waals surface area contributed by atoms with Gasteiger partial charge in [-0.2, -0.15) is 0 Å². The highest BCUT2D eigenvalue weighted by Gasteiger charge is 2.46. The molecule has 0 aromatic rings. The summed E-state index contributed by atoms with van der Waals surface area (Å²) >= 11 is 0. The van der Waals surface area contributed by atoms with Gasteiger partial charge in [0.2, 0.25) is 0 Å². The maximum absolute atomic E-state index is 12.3. The van der Waals surface area contributed by atoms with Crippen molar-refractivity contribution >= 4 is 11.9 Å². The number of alkyl halides is 1. The van der Waals surface area contributed by atoms with Crippen LogP contribution in [-0.2, 0) is 28.5 Å². The van der Waals surface area contributed by atoms with Gasteiger partial charge in [0.25, 0.3) is 0 Å². The zero-order valence-electron chi connectivity index (χ0n) is 12.3. The molecule has 0 aromatic heterocycles. The topological polar surface area (TPSA) is 91.3 Å². The van der Waals surface area contributed by atoms with Crippen LogP contribution in [0.25, 0.3) is 0 Å². The van der Waals surface area contributed by atoms with Crippen LogP contribution < -0.4 is 0 Å². The van der Waals surface area contributed by atoms with E-state index < -0.39 is 49.1 Å². The van der Waals surface area contributed by atoms with E-state index in [0.717, 1.165) is 0 Å². The first kappa shape index (κ1) is 17.8. The van der Waals surface area contributed by atoms with Crippen LogP contribution in [0, 0.1) is 0 Å². The first-order chi connectivity index (χ1) is 9.86. The molecule has 1 N–H and O–H groups in total. The zero-order chi connectivity index (χ0) is 16.0. The van der Waals surface area contributed by atoms with E-state index in [1.54, 1.807) is 6.92 Å². The lowest BCUT2D eigenvalue weighted by molar-refractivity contribution is -0.246. The van der Waals surface area contributed by atoms with E-state index in [0.29, 0.717) is 0 Å². The number of hydrogen-bond donors (Lipinski definition) is 1. The number of hydrogen-bond acceptors (Lipinski definition) is 7. The average molecular weight is 308 g/mol. The predicted octanol–water partition coefficient (Wildman–Crippen LogP) is -0.0159. The lowest BCUT2D eigenvalue weighted by atomic mass is 9.95. The molecule has 122 valence electrons. The van der Waals surface area contributed by atoms with Gasteiger partial charge in [-0.25, -0.2) is 4.39 Å². The van der Waals surface area contributed by atoms with Crippen molar-refractivity contribution in [1.29, 1.82) is 0 Å². The summed E-state index contributed by atoms with van der Waals surface area (Å²) in [5, 5.41) is 10.2. The van der Waals surface area contributed by atoms with Gasteiger partial charge in [-0.05, 0) is 6.92 Å². The van der Waals surface area contributed by atoms with Crippen molar-refractivity contribution in [2.75, 3.05) is 19.9 Å². The molecule has 1 aliphatic heterocycles. The SMILES string of the molecule is CC(=O)OC[C@H]1OC(C)[C@H](OC(C)=O)[C@H](OCCF)[C@@H]1O. The molecule has 1 fully saturated rings. The molecule has 8 heteroatoms. The summed E-state index contributed by atoms with van der Waals surface area (Å²) in [5.41, 5.74) is 0. The predicted molar refractivity (Wildman–Crippen MR) is 68.2 cm³/mol. The molecule has 21 heavy (non-hydrogen) atoms. The molecule has 0 aliphatic carbocycles. The van der Waals surface area contributed by atoms with Crippen molar-refractivity contribution < 1.29 is 38.0 Å². The Balaban J connectivity index is 2.79. The van der Waals surface area contributed by atoms with Crippen LogP contribution in [0.3, 0.4) is 0 Å². The fraction of sp³-hybridized carbons (Fsp3) is 0.846. The Bertz CT molecular complexity index is 362. The summed E-state index contributed by atoms with van der Waals surface area (Å²) in [5.74, 6) is -1.07. The van der Waals surface area contributed by atoms with Crippen molar-refractivity contribution in [2.45, 2.75) is 51.3 Å². The molecular formula is C13H21FO7. The first-order valence-electron chi connectivity index (χ1n) is 6.68. The third kappa shape index (κ3) is 5.22. The summed E-state index contributed by atoms with van der Waals surface area (Å²) in [6.07, 6.45) is -4.45. The number of rotatable bonds is 6. The molecule has 0 bridgehead atoms. The van der Waals surface area contributed by atoms with Crippen molar-refractivity contribution in [2.24, 2.45) is 0 Å². The van der Waals surface area contributed by atoms with Gasteiger partial charge in [-0.15, -0.1) is 0 Å². The van der Waals surface area contributed by atoms with Crippen LogP contribution in [0.5, 0.6) is 0 Å². The van der Waals surface area contributed by atoms with E-state index in [4.69, 9.17) is 18.9 Å². The lowest BCUT2D eigenvalue weighted by Gasteiger charge is -2.42. The number of aliphatic hydroxyl groups excluding tert-OH is 1. The Morgan fingerprint density at radius 1 is 1.24 bits per heavy atom. The number of carbonyl (C=O) groups excluding carboxylic acids is 2. The largest absolute Gasteiger partial charge is 0.463 e. The second-order valence-electron chi connectivity index (χ2n) is 4.77. The quantitative estimate of drug-likeness (QED) is 0.690. The Hall–Kier alpha value is -1.25. The number of carbonyl (C=O) groups is 2. The molecule has 0 amide bonds. The molecule has 0 radical (unpaired) electrons. The van der Waals surface area contributed by atoms with Crippen LogP contribution in [0.15, 0.2) is 0 Å². The number of halogens is 1. The maximum Gasteiger partial charge on any atom is 0.303 e. The van der Waals surface area contributed by atoms with Crippen LogP contribution in [0.2, 0.25) is 0 Å². The molecule has 0 saturated carbocycles. The Morgan fingerprint density at radius 3 is 2.43 bits per heavy atom. The van der Waals surface area contributed by atoms with Gasteiger partial charge in [0, 0.05) is 13.8 Å². The summed E-state index contributed by atoms with van der Waals surface area (Å²) in [6, 6.07) is 0.